The Morgan fingerprint density at radius 1 is 0.938 bits per heavy atom. The van der Waals surface area contributed by atoms with Crippen LogP contribution in [0.5, 0.6) is 5.75 Å². The average Bonchev–Trinajstić information content (AvgIpc) is 2.99. The summed E-state index contributed by atoms with van der Waals surface area (Å²) in [5, 5.41) is 7.77. The molecule has 1 fully saturated rings. The Bertz CT molecular complexity index is 1150. The van der Waals surface area contributed by atoms with E-state index in [0.29, 0.717) is 37.5 Å². The monoisotopic (exact) mass is 482 g/mol. The van der Waals surface area contributed by atoms with Crippen molar-refractivity contribution in [2.45, 2.75) is 16.2 Å². The minimum absolute atomic E-state index is 0.0406. The molecular formula is C20H26N4O6S2. The molecule has 32 heavy (non-hydrogen) atoms. The van der Waals surface area contributed by atoms with E-state index in [-0.39, 0.29) is 28.8 Å². The Kier molecular flexibility index (Phi) is 7.51. The summed E-state index contributed by atoms with van der Waals surface area (Å²) in [6.45, 7) is 1.71. The normalized spacial score (nSPS) is 16.3. The summed E-state index contributed by atoms with van der Waals surface area (Å²) in [5.74, 6) is 0.302. The van der Waals surface area contributed by atoms with Gasteiger partial charge in [-0.05, 0) is 61.5 Å². The van der Waals surface area contributed by atoms with Gasteiger partial charge in [-0.15, -0.1) is 0 Å². The number of hydrogen-bond acceptors (Lipinski definition) is 7. The van der Waals surface area contributed by atoms with E-state index in [9.17, 15) is 21.6 Å². The molecule has 0 spiro atoms. The van der Waals surface area contributed by atoms with Gasteiger partial charge in [0, 0.05) is 25.3 Å². The first-order valence-corrected chi connectivity index (χ1v) is 12.9. The van der Waals surface area contributed by atoms with Gasteiger partial charge in [-0.2, -0.15) is 4.31 Å². The molecule has 12 heteroatoms. The van der Waals surface area contributed by atoms with Crippen molar-refractivity contribution < 1.29 is 26.4 Å². The largest absolute Gasteiger partial charge is 0.497 e. The van der Waals surface area contributed by atoms with E-state index in [1.807, 2.05) is 4.90 Å². The first kappa shape index (κ1) is 24.1. The Morgan fingerprint density at radius 2 is 1.56 bits per heavy atom. The molecule has 10 nitrogen and oxygen atoms in total. The van der Waals surface area contributed by atoms with Crippen molar-refractivity contribution in [3.8, 4) is 5.75 Å². The van der Waals surface area contributed by atoms with E-state index in [1.54, 1.807) is 12.1 Å². The summed E-state index contributed by atoms with van der Waals surface area (Å²) in [5.41, 5.74) is 0.445. The van der Waals surface area contributed by atoms with Crippen LogP contribution in [0.1, 0.15) is 6.42 Å². The van der Waals surface area contributed by atoms with Crippen molar-refractivity contribution in [1.82, 2.24) is 9.21 Å². The molecule has 3 N–H and O–H groups in total. The van der Waals surface area contributed by atoms with E-state index >= 15 is 0 Å². The number of carbonyl (C=O) groups is 1. The summed E-state index contributed by atoms with van der Waals surface area (Å²) < 4.78 is 55.0. The van der Waals surface area contributed by atoms with Gasteiger partial charge in [0.25, 0.3) is 0 Å². The zero-order valence-corrected chi connectivity index (χ0v) is 19.2. The number of nitrogens with two attached hydrogens (primary N) is 1. The second-order valence-electron chi connectivity index (χ2n) is 7.33. The van der Waals surface area contributed by atoms with Crippen LogP contribution in [-0.4, -0.2) is 71.8 Å². The van der Waals surface area contributed by atoms with Gasteiger partial charge in [0.05, 0.1) is 23.4 Å². The lowest BCUT2D eigenvalue weighted by atomic mass is 10.3. The zero-order valence-electron chi connectivity index (χ0n) is 17.6. The molecule has 1 amide bonds. The van der Waals surface area contributed by atoms with Crippen LogP contribution in [0.25, 0.3) is 0 Å². The molecular weight excluding hydrogens is 456 g/mol. The van der Waals surface area contributed by atoms with Crippen molar-refractivity contribution >= 4 is 31.6 Å². The lowest BCUT2D eigenvalue weighted by Gasteiger charge is -2.21. The molecule has 174 valence electrons. The Balaban J connectivity index is 1.57. The minimum Gasteiger partial charge on any atom is -0.497 e. The van der Waals surface area contributed by atoms with Gasteiger partial charge in [-0.3, -0.25) is 9.69 Å². The van der Waals surface area contributed by atoms with Gasteiger partial charge in [-0.25, -0.2) is 22.0 Å². The van der Waals surface area contributed by atoms with Crippen molar-refractivity contribution in [3.63, 3.8) is 0 Å². The fourth-order valence-corrected chi connectivity index (χ4v) is 5.36. The molecule has 0 saturated carbocycles. The van der Waals surface area contributed by atoms with Crippen LogP contribution >= 0.6 is 0 Å². The Hall–Kier alpha value is -2.51. The summed E-state index contributed by atoms with van der Waals surface area (Å²) in [6, 6.07) is 11.8. The topological polar surface area (TPSA) is 139 Å². The lowest BCUT2D eigenvalue weighted by Crippen LogP contribution is -2.38. The molecule has 1 heterocycles. The fourth-order valence-electron chi connectivity index (χ4n) is 3.37. The predicted molar refractivity (Wildman–Crippen MR) is 119 cm³/mol. The van der Waals surface area contributed by atoms with Crippen LogP contribution in [0.2, 0.25) is 0 Å². The first-order valence-electron chi connectivity index (χ1n) is 9.89. The SMILES string of the molecule is COc1ccc(S(=O)(=O)N2CCCN(CC(=O)Nc3ccc(S(N)(=O)=O)cc3)CC2)cc1. The maximum Gasteiger partial charge on any atom is 0.243 e. The number of sulfonamides is 2. The fraction of sp³-hybridized carbons (Fsp3) is 0.350. The number of methoxy groups -OCH3 is 1. The van der Waals surface area contributed by atoms with Gasteiger partial charge in [0.15, 0.2) is 0 Å². The standard InChI is InChI=1S/C20H26N4O6S2/c1-30-17-5-9-19(10-6-17)32(28,29)24-12-2-11-23(13-14-24)15-20(25)22-16-3-7-18(8-4-16)31(21,26)27/h3-10H,2,11-15H2,1H3,(H,22,25)(H2,21,26,27). The number of nitrogens with zero attached hydrogens (tertiary/aromatic N) is 2. The quantitative estimate of drug-likeness (QED) is 0.591. The molecule has 1 aliphatic rings. The molecule has 0 unspecified atom stereocenters. The van der Waals surface area contributed by atoms with Crippen LogP contribution in [-0.2, 0) is 24.8 Å². The molecule has 1 saturated heterocycles. The smallest absolute Gasteiger partial charge is 0.243 e. The number of rotatable bonds is 7. The number of primary sulfonamides is 1. The zero-order chi connectivity index (χ0) is 23.4. The number of benzene rings is 2. The van der Waals surface area contributed by atoms with E-state index in [4.69, 9.17) is 9.88 Å². The number of hydrogen-bond donors (Lipinski definition) is 2. The number of nitrogens with one attached hydrogen (secondary N) is 1. The molecule has 0 bridgehead atoms. The van der Waals surface area contributed by atoms with Crippen LogP contribution in [0, 0.1) is 0 Å². The third kappa shape index (κ3) is 6.04. The van der Waals surface area contributed by atoms with E-state index < -0.39 is 20.0 Å². The highest BCUT2D eigenvalue weighted by molar-refractivity contribution is 7.89. The second-order valence-corrected chi connectivity index (χ2v) is 10.8. The Morgan fingerprint density at radius 3 is 2.16 bits per heavy atom. The highest BCUT2D eigenvalue weighted by Gasteiger charge is 2.27. The molecule has 2 aromatic carbocycles. The van der Waals surface area contributed by atoms with Crippen LogP contribution < -0.4 is 15.2 Å². The van der Waals surface area contributed by atoms with Gasteiger partial charge < -0.3 is 10.1 Å². The maximum atomic E-state index is 12.9. The van der Waals surface area contributed by atoms with E-state index in [0.717, 1.165) is 0 Å². The maximum absolute atomic E-state index is 12.9. The summed E-state index contributed by atoms with van der Waals surface area (Å²) in [6.07, 6.45) is 0.589. The minimum atomic E-state index is -3.80. The van der Waals surface area contributed by atoms with E-state index in [2.05, 4.69) is 5.32 Å². The molecule has 0 radical (unpaired) electrons. The van der Waals surface area contributed by atoms with Crippen molar-refractivity contribution in [2.75, 3.05) is 45.2 Å². The highest BCUT2D eigenvalue weighted by atomic mass is 32.2. The van der Waals surface area contributed by atoms with Crippen molar-refractivity contribution in [3.05, 3.63) is 48.5 Å². The van der Waals surface area contributed by atoms with Crippen LogP contribution in [0.3, 0.4) is 0 Å². The molecule has 1 aliphatic heterocycles. The van der Waals surface area contributed by atoms with Crippen LogP contribution in [0.15, 0.2) is 58.3 Å². The van der Waals surface area contributed by atoms with Gasteiger partial charge in [0.2, 0.25) is 26.0 Å². The van der Waals surface area contributed by atoms with E-state index in [1.165, 1.54) is 47.8 Å². The van der Waals surface area contributed by atoms with Gasteiger partial charge >= 0.3 is 0 Å². The predicted octanol–water partition coefficient (Wildman–Crippen LogP) is 0.678. The van der Waals surface area contributed by atoms with Gasteiger partial charge in [-0.1, -0.05) is 0 Å². The Labute approximate surface area is 188 Å². The van der Waals surface area contributed by atoms with Crippen LogP contribution in [0.4, 0.5) is 5.69 Å². The van der Waals surface area contributed by atoms with Gasteiger partial charge in [0.1, 0.15) is 5.75 Å². The highest BCUT2D eigenvalue weighted by Crippen LogP contribution is 2.21. The number of ether oxygens (including phenoxy) is 1. The number of amides is 1. The first-order chi connectivity index (χ1) is 15.1. The molecule has 2 aromatic rings. The summed E-state index contributed by atoms with van der Waals surface area (Å²) in [4.78, 5) is 14.4. The number of anilines is 1. The third-order valence-corrected chi connectivity index (χ3v) is 7.92. The molecule has 0 aromatic heterocycles. The van der Waals surface area contributed by atoms with Crippen molar-refractivity contribution in [1.29, 1.82) is 0 Å². The third-order valence-electron chi connectivity index (χ3n) is 5.08. The summed E-state index contributed by atoms with van der Waals surface area (Å²) in [7, 11) is -5.92. The summed E-state index contributed by atoms with van der Waals surface area (Å²) >= 11 is 0. The molecule has 3 rings (SSSR count). The lowest BCUT2D eigenvalue weighted by molar-refractivity contribution is -0.117. The number of carbonyl (C=O) groups excluding carboxylic acids is 1. The van der Waals surface area contributed by atoms with Crippen molar-refractivity contribution in [2.24, 2.45) is 5.14 Å². The average molecular weight is 483 g/mol. The molecule has 0 aliphatic carbocycles. The molecule has 0 atom stereocenters. The second kappa shape index (κ2) is 9.96.